The van der Waals surface area contributed by atoms with Gasteiger partial charge in [-0.15, -0.1) is 0 Å². The zero-order chi connectivity index (χ0) is 11.0. The van der Waals surface area contributed by atoms with Crippen molar-refractivity contribution in [1.29, 1.82) is 0 Å². The minimum atomic E-state index is 0.282. The molecule has 15 heavy (non-hydrogen) atoms. The van der Waals surface area contributed by atoms with Crippen LogP contribution in [0.1, 0.15) is 25.3 Å². The normalized spacial score (nSPS) is 11.2. The third-order valence-corrected chi connectivity index (χ3v) is 2.59. The number of H-pyrrole nitrogens is 1. The van der Waals surface area contributed by atoms with Crippen LogP contribution in [-0.4, -0.2) is 10.2 Å². The smallest absolute Gasteiger partial charge is 0.202 e. The lowest BCUT2D eigenvalue weighted by Gasteiger charge is -2.05. The van der Waals surface area contributed by atoms with E-state index in [-0.39, 0.29) is 5.92 Å². The summed E-state index contributed by atoms with van der Waals surface area (Å²) in [7, 11) is 0. The minimum absolute atomic E-state index is 0.282. The Morgan fingerprint density at radius 3 is 2.80 bits per heavy atom. The van der Waals surface area contributed by atoms with Crippen LogP contribution in [0.5, 0.6) is 0 Å². The van der Waals surface area contributed by atoms with Crippen molar-refractivity contribution in [3.05, 3.63) is 23.1 Å². The van der Waals surface area contributed by atoms with Gasteiger partial charge in [0.05, 0.1) is 17.5 Å². The van der Waals surface area contributed by atoms with E-state index in [2.05, 4.69) is 24.0 Å². The molecule has 2 aromatic rings. The average molecular weight is 226 g/mol. The number of anilines is 1. The Labute approximate surface area is 92.4 Å². The molecule has 2 aromatic heterocycles. The summed E-state index contributed by atoms with van der Waals surface area (Å²) in [5, 5.41) is 7.21. The Bertz CT molecular complexity index is 473. The highest BCUT2D eigenvalue weighted by atomic mass is 35.5. The topological polar surface area (TPSA) is 67.8 Å². The molecule has 0 atom stereocenters. The first-order chi connectivity index (χ1) is 7.11. The van der Waals surface area contributed by atoms with Crippen LogP contribution < -0.4 is 5.73 Å². The Morgan fingerprint density at radius 2 is 2.27 bits per heavy atom. The fourth-order valence-corrected chi connectivity index (χ4v) is 1.84. The number of hydrogen-bond acceptors (Lipinski definition) is 3. The van der Waals surface area contributed by atoms with Gasteiger partial charge in [-0.2, -0.15) is 5.10 Å². The van der Waals surface area contributed by atoms with Gasteiger partial charge in [-0.05, 0) is 23.6 Å². The van der Waals surface area contributed by atoms with Crippen molar-refractivity contribution < 1.29 is 4.42 Å². The SMILES string of the molecule is CC(C)c1c(N)n[nH]c1-c1ccoc1Cl. The maximum absolute atomic E-state index is 5.90. The first-order valence-corrected chi connectivity index (χ1v) is 5.06. The van der Waals surface area contributed by atoms with Crippen LogP contribution >= 0.6 is 11.6 Å². The second-order valence-corrected chi connectivity index (χ2v) is 4.00. The number of nitrogen functional groups attached to an aromatic ring is 1. The van der Waals surface area contributed by atoms with E-state index in [0.29, 0.717) is 11.0 Å². The number of aromatic nitrogens is 2. The zero-order valence-corrected chi connectivity index (χ0v) is 9.30. The highest BCUT2D eigenvalue weighted by Crippen LogP contribution is 2.35. The first-order valence-electron chi connectivity index (χ1n) is 4.68. The summed E-state index contributed by atoms with van der Waals surface area (Å²) in [5.74, 6) is 0.794. The maximum atomic E-state index is 5.90. The molecular weight excluding hydrogens is 214 g/mol. The molecule has 3 N–H and O–H groups in total. The Hall–Kier alpha value is -1.42. The lowest BCUT2D eigenvalue weighted by atomic mass is 10.0. The van der Waals surface area contributed by atoms with Crippen molar-refractivity contribution >= 4 is 17.4 Å². The van der Waals surface area contributed by atoms with E-state index in [1.807, 2.05) is 0 Å². The van der Waals surface area contributed by atoms with Crippen LogP contribution in [0.15, 0.2) is 16.7 Å². The second-order valence-electron chi connectivity index (χ2n) is 3.66. The van der Waals surface area contributed by atoms with Crippen molar-refractivity contribution in [3.8, 4) is 11.3 Å². The van der Waals surface area contributed by atoms with Crippen LogP contribution in [-0.2, 0) is 0 Å². The van der Waals surface area contributed by atoms with Crippen LogP contribution in [0, 0.1) is 0 Å². The minimum Gasteiger partial charge on any atom is -0.452 e. The van der Waals surface area contributed by atoms with E-state index in [9.17, 15) is 0 Å². The van der Waals surface area contributed by atoms with Gasteiger partial charge in [0.2, 0.25) is 5.22 Å². The fourth-order valence-electron chi connectivity index (χ4n) is 1.63. The van der Waals surface area contributed by atoms with Crippen molar-refractivity contribution in [2.45, 2.75) is 19.8 Å². The number of hydrogen-bond donors (Lipinski definition) is 2. The van der Waals surface area contributed by atoms with Crippen molar-refractivity contribution in [3.63, 3.8) is 0 Å². The summed E-state index contributed by atoms with van der Waals surface area (Å²) in [5.41, 5.74) is 8.38. The number of rotatable bonds is 2. The third-order valence-electron chi connectivity index (χ3n) is 2.30. The Kier molecular flexibility index (Phi) is 2.44. The fraction of sp³-hybridized carbons (Fsp3) is 0.300. The molecule has 2 rings (SSSR count). The van der Waals surface area contributed by atoms with Crippen molar-refractivity contribution in [1.82, 2.24) is 10.2 Å². The monoisotopic (exact) mass is 225 g/mol. The number of nitrogens with one attached hydrogen (secondary N) is 1. The molecule has 5 heteroatoms. The third kappa shape index (κ3) is 1.61. The quantitative estimate of drug-likeness (QED) is 0.826. The second kappa shape index (κ2) is 3.62. The highest BCUT2D eigenvalue weighted by molar-refractivity contribution is 6.31. The molecule has 0 aliphatic rings. The van der Waals surface area contributed by atoms with Gasteiger partial charge in [0, 0.05) is 5.56 Å². The first kappa shape index (κ1) is 10.1. The standard InChI is InChI=1S/C10H12ClN3O/c1-5(2)7-8(13-14-10(7)12)6-3-4-15-9(6)11/h3-5H,1-2H3,(H3,12,13,14). The van der Waals surface area contributed by atoms with Crippen LogP contribution in [0.4, 0.5) is 5.82 Å². The number of nitrogens with two attached hydrogens (primary N) is 1. The lowest BCUT2D eigenvalue weighted by molar-refractivity contribution is 0.570. The molecule has 0 amide bonds. The van der Waals surface area contributed by atoms with Gasteiger partial charge in [0.15, 0.2) is 0 Å². The summed E-state index contributed by atoms with van der Waals surface area (Å²) in [6, 6.07) is 1.79. The average Bonchev–Trinajstić information content (AvgIpc) is 2.71. The van der Waals surface area contributed by atoms with E-state index in [1.54, 1.807) is 12.3 Å². The largest absolute Gasteiger partial charge is 0.452 e. The van der Waals surface area contributed by atoms with Gasteiger partial charge in [-0.25, -0.2) is 0 Å². The summed E-state index contributed by atoms with van der Waals surface area (Å²) in [4.78, 5) is 0. The van der Waals surface area contributed by atoms with Gasteiger partial charge < -0.3 is 10.2 Å². The predicted molar refractivity (Wildman–Crippen MR) is 59.8 cm³/mol. The van der Waals surface area contributed by atoms with E-state index in [1.165, 1.54) is 0 Å². The molecule has 80 valence electrons. The zero-order valence-electron chi connectivity index (χ0n) is 8.54. The molecule has 0 aliphatic heterocycles. The lowest BCUT2D eigenvalue weighted by Crippen LogP contribution is -1.94. The van der Waals surface area contributed by atoms with Crippen LogP contribution in [0.3, 0.4) is 0 Å². The number of aromatic amines is 1. The molecule has 0 bridgehead atoms. The van der Waals surface area contributed by atoms with E-state index in [0.717, 1.165) is 16.8 Å². The predicted octanol–water partition coefficient (Wildman–Crippen LogP) is 3.03. The summed E-state index contributed by atoms with van der Waals surface area (Å²) in [6.45, 7) is 4.11. The maximum Gasteiger partial charge on any atom is 0.202 e. The van der Waals surface area contributed by atoms with E-state index < -0.39 is 0 Å². The highest BCUT2D eigenvalue weighted by Gasteiger charge is 2.18. The molecule has 0 fully saturated rings. The number of furan rings is 1. The molecular formula is C10H12ClN3O. The molecule has 0 unspecified atom stereocenters. The van der Waals surface area contributed by atoms with Gasteiger partial charge in [0.25, 0.3) is 0 Å². The molecule has 0 saturated heterocycles. The summed E-state index contributed by atoms with van der Waals surface area (Å²) < 4.78 is 5.04. The molecule has 0 aliphatic carbocycles. The molecule has 4 nitrogen and oxygen atoms in total. The van der Waals surface area contributed by atoms with Gasteiger partial charge in [0.1, 0.15) is 5.82 Å². The van der Waals surface area contributed by atoms with Gasteiger partial charge >= 0.3 is 0 Å². The molecule has 0 radical (unpaired) electrons. The van der Waals surface area contributed by atoms with Gasteiger partial charge in [-0.3, -0.25) is 5.10 Å². The van der Waals surface area contributed by atoms with Gasteiger partial charge in [-0.1, -0.05) is 13.8 Å². The number of nitrogens with zero attached hydrogens (tertiary/aromatic N) is 1. The Morgan fingerprint density at radius 1 is 1.53 bits per heavy atom. The molecule has 2 heterocycles. The molecule has 0 aromatic carbocycles. The molecule has 0 saturated carbocycles. The van der Waals surface area contributed by atoms with Crippen molar-refractivity contribution in [2.24, 2.45) is 0 Å². The van der Waals surface area contributed by atoms with Crippen molar-refractivity contribution in [2.75, 3.05) is 5.73 Å². The van der Waals surface area contributed by atoms with E-state index in [4.69, 9.17) is 21.8 Å². The summed E-state index contributed by atoms with van der Waals surface area (Å²) >= 11 is 5.90. The van der Waals surface area contributed by atoms with Crippen LogP contribution in [0.25, 0.3) is 11.3 Å². The Balaban J connectivity index is 2.59. The number of halogens is 1. The molecule has 0 spiro atoms. The summed E-state index contributed by atoms with van der Waals surface area (Å²) in [6.07, 6.45) is 1.54. The van der Waals surface area contributed by atoms with Crippen LogP contribution in [0.2, 0.25) is 5.22 Å². The van der Waals surface area contributed by atoms with E-state index >= 15 is 0 Å².